The number of para-hydroxylation sites is 1. The first-order valence-electron chi connectivity index (χ1n) is 9.21. The lowest BCUT2D eigenvalue weighted by Gasteiger charge is -2.33. The van der Waals surface area contributed by atoms with Gasteiger partial charge in [-0.1, -0.05) is 18.2 Å². The molecule has 1 saturated heterocycles. The van der Waals surface area contributed by atoms with Gasteiger partial charge in [0, 0.05) is 24.2 Å². The van der Waals surface area contributed by atoms with Gasteiger partial charge in [-0.3, -0.25) is 9.48 Å². The molecule has 0 radical (unpaired) electrons. The number of rotatable bonds is 2. The number of piperidine rings is 1. The maximum atomic E-state index is 13.1. The molecule has 1 atom stereocenters. The Hall–Kier alpha value is -2.69. The summed E-state index contributed by atoms with van der Waals surface area (Å²) in [5.41, 5.74) is 4.68. The molecule has 1 aliphatic rings. The van der Waals surface area contributed by atoms with Gasteiger partial charge in [0.05, 0.1) is 17.3 Å². The van der Waals surface area contributed by atoms with Gasteiger partial charge in [-0.05, 0) is 57.4 Å². The van der Waals surface area contributed by atoms with E-state index in [0.29, 0.717) is 12.2 Å². The summed E-state index contributed by atoms with van der Waals surface area (Å²) in [6.45, 7) is 7.60. The van der Waals surface area contributed by atoms with E-state index in [-0.39, 0.29) is 11.9 Å². The maximum Gasteiger partial charge on any atom is 0.272 e. The van der Waals surface area contributed by atoms with Crippen LogP contribution in [0.5, 0.6) is 0 Å². The fourth-order valence-corrected chi connectivity index (χ4v) is 3.98. The van der Waals surface area contributed by atoms with Crippen LogP contribution >= 0.6 is 0 Å². The Bertz CT molecular complexity index is 975. The number of fused-ring (bicyclic) bond motifs is 1. The zero-order valence-corrected chi connectivity index (χ0v) is 15.6. The molecule has 5 nitrogen and oxygen atoms in total. The molecule has 1 fully saturated rings. The van der Waals surface area contributed by atoms with Crippen LogP contribution in [0.2, 0.25) is 0 Å². The number of carbonyl (C=O) groups excluding carboxylic acids is 1. The fourth-order valence-electron chi connectivity index (χ4n) is 3.98. The van der Waals surface area contributed by atoms with Gasteiger partial charge in [0.15, 0.2) is 0 Å². The number of hydrogen-bond acceptors (Lipinski definition) is 3. The lowest BCUT2D eigenvalue weighted by molar-refractivity contribution is 0.0666. The summed E-state index contributed by atoms with van der Waals surface area (Å²) >= 11 is 0. The maximum absolute atomic E-state index is 13.1. The third-order valence-electron chi connectivity index (χ3n) is 5.22. The van der Waals surface area contributed by atoms with Crippen molar-refractivity contribution in [2.24, 2.45) is 0 Å². The number of amides is 1. The van der Waals surface area contributed by atoms with Gasteiger partial charge in [-0.25, -0.2) is 4.98 Å². The summed E-state index contributed by atoms with van der Waals surface area (Å²) in [6, 6.07) is 12.2. The van der Waals surface area contributed by atoms with Gasteiger partial charge in [-0.15, -0.1) is 0 Å². The van der Waals surface area contributed by atoms with Crippen LogP contribution in [-0.2, 0) is 0 Å². The molecule has 1 amide bonds. The van der Waals surface area contributed by atoms with E-state index in [0.717, 1.165) is 47.2 Å². The second kappa shape index (κ2) is 6.56. The predicted octanol–water partition coefficient (Wildman–Crippen LogP) is 3.83. The Morgan fingerprint density at radius 3 is 2.73 bits per heavy atom. The van der Waals surface area contributed by atoms with Gasteiger partial charge in [0.2, 0.25) is 0 Å². The highest BCUT2D eigenvalue weighted by Gasteiger charge is 2.27. The molecular formula is C21H24N4O. The van der Waals surface area contributed by atoms with E-state index < -0.39 is 0 Å². The molecular weight excluding hydrogens is 324 g/mol. The molecule has 0 saturated carbocycles. The molecule has 26 heavy (non-hydrogen) atoms. The summed E-state index contributed by atoms with van der Waals surface area (Å²) in [5.74, 6) is 0.0186. The quantitative estimate of drug-likeness (QED) is 0.707. The van der Waals surface area contributed by atoms with Gasteiger partial charge >= 0.3 is 0 Å². The van der Waals surface area contributed by atoms with Crippen molar-refractivity contribution in [2.45, 2.75) is 39.7 Å². The van der Waals surface area contributed by atoms with E-state index in [1.165, 1.54) is 0 Å². The number of carbonyl (C=O) groups is 1. The van der Waals surface area contributed by atoms with Crippen LogP contribution in [0.4, 0.5) is 0 Å². The van der Waals surface area contributed by atoms with Crippen LogP contribution in [0.15, 0.2) is 36.4 Å². The van der Waals surface area contributed by atoms with Crippen molar-refractivity contribution in [3.63, 3.8) is 0 Å². The first-order chi connectivity index (χ1) is 12.5. The zero-order chi connectivity index (χ0) is 18.3. The minimum absolute atomic E-state index is 0.0186. The molecule has 0 spiro atoms. The van der Waals surface area contributed by atoms with Crippen LogP contribution in [0.25, 0.3) is 10.9 Å². The van der Waals surface area contributed by atoms with Crippen molar-refractivity contribution in [3.05, 3.63) is 59.0 Å². The first-order valence-corrected chi connectivity index (χ1v) is 9.21. The highest BCUT2D eigenvalue weighted by atomic mass is 16.2. The summed E-state index contributed by atoms with van der Waals surface area (Å²) in [7, 11) is 0. The van der Waals surface area contributed by atoms with Gasteiger partial charge in [0.1, 0.15) is 5.69 Å². The fraction of sp³-hybridized carbons (Fsp3) is 0.381. The average molecular weight is 348 g/mol. The molecule has 2 aromatic heterocycles. The number of likely N-dealkylation sites (tertiary alicyclic amines) is 1. The molecule has 3 aromatic rings. The topological polar surface area (TPSA) is 51.0 Å². The zero-order valence-electron chi connectivity index (χ0n) is 15.6. The normalized spacial score (nSPS) is 17.7. The SMILES string of the molecule is Cc1cc(C)n(C2CCCN(C(=O)c3cc(C)c4ccccc4n3)C2)n1. The molecule has 0 N–H and O–H groups in total. The van der Waals surface area contributed by atoms with Crippen LogP contribution in [0.3, 0.4) is 0 Å². The summed E-state index contributed by atoms with van der Waals surface area (Å²) in [4.78, 5) is 19.6. The molecule has 0 bridgehead atoms. The number of aryl methyl sites for hydroxylation is 3. The Kier molecular flexibility index (Phi) is 4.23. The van der Waals surface area contributed by atoms with E-state index >= 15 is 0 Å². The van der Waals surface area contributed by atoms with Crippen LogP contribution in [0.1, 0.15) is 46.3 Å². The second-order valence-electron chi connectivity index (χ2n) is 7.26. The Morgan fingerprint density at radius 2 is 1.96 bits per heavy atom. The van der Waals surface area contributed by atoms with E-state index in [9.17, 15) is 4.79 Å². The second-order valence-corrected chi connectivity index (χ2v) is 7.26. The Balaban J connectivity index is 1.61. The van der Waals surface area contributed by atoms with Crippen molar-refractivity contribution in [3.8, 4) is 0 Å². The van der Waals surface area contributed by atoms with Crippen molar-refractivity contribution in [2.75, 3.05) is 13.1 Å². The predicted molar refractivity (Wildman–Crippen MR) is 102 cm³/mol. The monoisotopic (exact) mass is 348 g/mol. The van der Waals surface area contributed by atoms with Crippen molar-refractivity contribution in [1.82, 2.24) is 19.7 Å². The Morgan fingerprint density at radius 1 is 1.15 bits per heavy atom. The molecule has 0 aliphatic carbocycles. The minimum Gasteiger partial charge on any atom is -0.335 e. The lowest BCUT2D eigenvalue weighted by Crippen LogP contribution is -2.41. The number of hydrogen-bond donors (Lipinski definition) is 0. The average Bonchev–Trinajstić information content (AvgIpc) is 2.99. The molecule has 134 valence electrons. The number of aromatic nitrogens is 3. The molecule has 1 unspecified atom stereocenters. The van der Waals surface area contributed by atoms with Crippen LogP contribution < -0.4 is 0 Å². The highest BCUT2D eigenvalue weighted by molar-refractivity contribution is 5.96. The lowest BCUT2D eigenvalue weighted by atomic mass is 10.0. The molecule has 4 rings (SSSR count). The van der Waals surface area contributed by atoms with Crippen LogP contribution in [0, 0.1) is 20.8 Å². The minimum atomic E-state index is 0.0186. The third kappa shape index (κ3) is 2.98. The summed E-state index contributed by atoms with van der Waals surface area (Å²) in [6.07, 6.45) is 2.04. The molecule has 1 aromatic carbocycles. The van der Waals surface area contributed by atoms with E-state index in [2.05, 4.69) is 27.8 Å². The summed E-state index contributed by atoms with van der Waals surface area (Å²) in [5, 5.41) is 5.72. The van der Waals surface area contributed by atoms with E-state index in [4.69, 9.17) is 0 Å². The van der Waals surface area contributed by atoms with Crippen LogP contribution in [-0.4, -0.2) is 38.7 Å². The Labute approximate surface area is 153 Å². The molecule has 3 heterocycles. The number of pyridine rings is 1. The van der Waals surface area contributed by atoms with E-state index in [1.807, 2.05) is 49.1 Å². The van der Waals surface area contributed by atoms with Crippen molar-refractivity contribution in [1.29, 1.82) is 0 Å². The van der Waals surface area contributed by atoms with Crippen molar-refractivity contribution < 1.29 is 4.79 Å². The summed E-state index contributed by atoms with van der Waals surface area (Å²) < 4.78 is 2.08. The highest BCUT2D eigenvalue weighted by Crippen LogP contribution is 2.25. The largest absolute Gasteiger partial charge is 0.335 e. The molecule has 1 aliphatic heterocycles. The van der Waals surface area contributed by atoms with Gasteiger partial charge in [0.25, 0.3) is 5.91 Å². The smallest absolute Gasteiger partial charge is 0.272 e. The van der Waals surface area contributed by atoms with Gasteiger partial charge in [-0.2, -0.15) is 5.10 Å². The van der Waals surface area contributed by atoms with Gasteiger partial charge < -0.3 is 4.90 Å². The first kappa shape index (κ1) is 16.8. The van der Waals surface area contributed by atoms with Crippen molar-refractivity contribution >= 4 is 16.8 Å². The number of benzene rings is 1. The van der Waals surface area contributed by atoms with E-state index in [1.54, 1.807) is 0 Å². The third-order valence-corrected chi connectivity index (χ3v) is 5.22. The molecule has 5 heteroatoms. The standard InChI is InChI=1S/C21H24N4O/c1-14-11-20(22-19-9-5-4-8-18(14)19)21(26)24-10-6-7-17(13-24)25-16(3)12-15(2)23-25/h4-5,8-9,11-12,17H,6-7,10,13H2,1-3H3. The number of nitrogens with zero attached hydrogens (tertiary/aromatic N) is 4.